The lowest BCUT2D eigenvalue weighted by molar-refractivity contribution is 0.457. The summed E-state index contributed by atoms with van der Waals surface area (Å²) in [5.41, 5.74) is 1.19. The Kier molecular flexibility index (Phi) is 3.82. The van der Waals surface area contributed by atoms with Crippen molar-refractivity contribution in [1.82, 2.24) is 9.97 Å². The molecule has 0 aliphatic rings. The molecule has 2 rings (SSSR count). The van der Waals surface area contributed by atoms with Crippen LogP contribution in [0.4, 0.5) is 0 Å². The Morgan fingerprint density at radius 3 is 2.39 bits per heavy atom. The molecule has 0 saturated heterocycles. The summed E-state index contributed by atoms with van der Waals surface area (Å²) in [5.74, 6) is 2.11. The first-order valence-corrected chi connectivity index (χ1v) is 6.21. The maximum atomic E-state index is 5.95. The van der Waals surface area contributed by atoms with E-state index in [1.54, 1.807) is 6.07 Å². The summed E-state index contributed by atoms with van der Waals surface area (Å²) < 4.78 is 5.67. The van der Waals surface area contributed by atoms with Gasteiger partial charge in [-0.1, -0.05) is 43.1 Å². The van der Waals surface area contributed by atoms with Crippen molar-refractivity contribution >= 4 is 11.6 Å². The number of hydrogen-bond acceptors (Lipinski definition) is 3. The van der Waals surface area contributed by atoms with Crippen molar-refractivity contribution in [2.24, 2.45) is 0 Å². The number of nitrogens with zero attached hydrogens (tertiary/aromatic N) is 2. The van der Waals surface area contributed by atoms with Crippen LogP contribution in [0.2, 0.25) is 5.15 Å². The van der Waals surface area contributed by atoms with Gasteiger partial charge < -0.3 is 4.74 Å². The van der Waals surface area contributed by atoms with E-state index in [4.69, 9.17) is 16.3 Å². The molecule has 0 amide bonds. The quantitative estimate of drug-likeness (QED) is 0.771. The molecule has 3 nitrogen and oxygen atoms in total. The Balaban J connectivity index is 2.26. The third-order valence-corrected chi connectivity index (χ3v) is 2.64. The normalized spacial score (nSPS) is 10.7. The van der Waals surface area contributed by atoms with E-state index in [1.807, 2.05) is 45.0 Å². The molecule has 94 valence electrons. The van der Waals surface area contributed by atoms with Gasteiger partial charge in [0.15, 0.2) is 0 Å². The molecule has 0 bridgehead atoms. The highest BCUT2D eigenvalue weighted by atomic mass is 35.5. The number of aromatic nitrogens is 2. The Morgan fingerprint density at radius 2 is 1.78 bits per heavy atom. The summed E-state index contributed by atoms with van der Waals surface area (Å²) in [6, 6.07) is 9.40. The minimum Gasteiger partial charge on any atom is -0.439 e. The summed E-state index contributed by atoms with van der Waals surface area (Å²) in [7, 11) is 0. The van der Waals surface area contributed by atoms with Crippen molar-refractivity contribution in [3.05, 3.63) is 46.9 Å². The lowest BCUT2D eigenvalue weighted by Gasteiger charge is -2.08. The second-order valence-corrected chi connectivity index (χ2v) is 4.84. The lowest BCUT2D eigenvalue weighted by Crippen LogP contribution is -1.99. The van der Waals surface area contributed by atoms with Crippen LogP contribution in [-0.2, 0) is 0 Å². The zero-order valence-electron chi connectivity index (χ0n) is 10.6. The molecule has 0 spiro atoms. The zero-order chi connectivity index (χ0) is 13.1. The SMILES string of the molecule is Cc1ccc(Oc2cc(Cl)nc(C(C)C)n2)cc1. The molecule has 1 aromatic carbocycles. The van der Waals surface area contributed by atoms with Crippen molar-refractivity contribution in [1.29, 1.82) is 0 Å². The summed E-state index contributed by atoms with van der Waals surface area (Å²) >= 11 is 5.95. The first-order valence-electron chi connectivity index (χ1n) is 5.83. The predicted molar refractivity (Wildman–Crippen MR) is 72.4 cm³/mol. The van der Waals surface area contributed by atoms with Crippen molar-refractivity contribution in [2.45, 2.75) is 26.7 Å². The van der Waals surface area contributed by atoms with Crippen LogP contribution >= 0.6 is 11.6 Å². The number of benzene rings is 1. The molecule has 0 unspecified atom stereocenters. The standard InChI is InChI=1S/C14H15ClN2O/c1-9(2)14-16-12(15)8-13(17-14)18-11-6-4-10(3)5-7-11/h4-9H,1-3H3. The van der Waals surface area contributed by atoms with E-state index in [-0.39, 0.29) is 5.92 Å². The summed E-state index contributed by atoms with van der Waals surface area (Å²) in [5, 5.41) is 0.399. The molecular formula is C14H15ClN2O. The molecule has 0 N–H and O–H groups in total. The Hall–Kier alpha value is -1.61. The second kappa shape index (κ2) is 5.36. The zero-order valence-corrected chi connectivity index (χ0v) is 11.4. The fourth-order valence-corrected chi connectivity index (χ4v) is 1.63. The Bertz CT molecular complexity index is 538. The molecule has 1 aromatic heterocycles. The van der Waals surface area contributed by atoms with Crippen LogP contribution in [0.25, 0.3) is 0 Å². The number of ether oxygens (including phenoxy) is 1. The van der Waals surface area contributed by atoms with E-state index in [0.717, 1.165) is 5.75 Å². The highest BCUT2D eigenvalue weighted by molar-refractivity contribution is 6.29. The van der Waals surface area contributed by atoms with Gasteiger partial charge >= 0.3 is 0 Å². The van der Waals surface area contributed by atoms with Gasteiger partial charge in [-0.2, -0.15) is 4.98 Å². The van der Waals surface area contributed by atoms with Gasteiger partial charge in [0.1, 0.15) is 16.7 Å². The van der Waals surface area contributed by atoms with E-state index in [2.05, 4.69) is 9.97 Å². The van der Waals surface area contributed by atoms with Gasteiger partial charge in [-0.15, -0.1) is 0 Å². The van der Waals surface area contributed by atoms with Crippen LogP contribution in [0.5, 0.6) is 11.6 Å². The van der Waals surface area contributed by atoms with Gasteiger partial charge in [-0.3, -0.25) is 0 Å². The molecule has 2 aromatic rings. The molecule has 0 atom stereocenters. The van der Waals surface area contributed by atoms with Crippen molar-refractivity contribution in [3.8, 4) is 11.6 Å². The van der Waals surface area contributed by atoms with E-state index in [9.17, 15) is 0 Å². The maximum absolute atomic E-state index is 5.95. The molecule has 0 aliphatic carbocycles. The predicted octanol–water partition coefficient (Wildman–Crippen LogP) is 4.35. The van der Waals surface area contributed by atoms with E-state index >= 15 is 0 Å². The van der Waals surface area contributed by atoms with Gasteiger partial charge in [0, 0.05) is 12.0 Å². The van der Waals surface area contributed by atoms with Crippen molar-refractivity contribution < 1.29 is 4.74 Å². The van der Waals surface area contributed by atoms with Gasteiger partial charge in [-0.25, -0.2) is 4.98 Å². The first kappa shape index (κ1) is 12.8. The number of aryl methyl sites for hydroxylation is 1. The largest absolute Gasteiger partial charge is 0.439 e. The number of hydrogen-bond donors (Lipinski definition) is 0. The fourth-order valence-electron chi connectivity index (χ4n) is 1.45. The maximum Gasteiger partial charge on any atom is 0.224 e. The van der Waals surface area contributed by atoms with Gasteiger partial charge in [0.25, 0.3) is 0 Å². The monoisotopic (exact) mass is 262 g/mol. The van der Waals surface area contributed by atoms with Gasteiger partial charge in [0.05, 0.1) is 0 Å². The molecule has 18 heavy (non-hydrogen) atoms. The Labute approximate surface area is 112 Å². The molecule has 4 heteroatoms. The van der Waals surface area contributed by atoms with Crippen LogP contribution in [-0.4, -0.2) is 9.97 Å². The van der Waals surface area contributed by atoms with Crippen molar-refractivity contribution in [2.75, 3.05) is 0 Å². The second-order valence-electron chi connectivity index (χ2n) is 4.46. The summed E-state index contributed by atoms with van der Waals surface area (Å²) in [6.07, 6.45) is 0. The Morgan fingerprint density at radius 1 is 1.11 bits per heavy atom. The highest BCUT2D eigenvalue weighted by Gasteiger charge is 2.08. The van der Waals surface area contributed by atoms with E-state index in [1.165, 1.54) is 5.56 Å². The minimum atomic E-state index is 0.212. The molecular weight excluding hydrogens is 248 g/mol. The number of halogens is 1. The van der Waals surface area contributed by atoms with Crippen molar-refractivity contribution in [3.63, 3.8) is 0 Å². The molecule has 0 fully saturated rings. The van der Waals surface area contributed by atoms with Crippen LogP contribution < -0.4 is 4.74 Å². The van der Waals surface area contributed by atoms with Gasteiger partial charge in [-0.05, 0) is 19.1 Å². The molecule has 0 saturated carbocycles. The number of rotatable bonds is 3. The fraction of sp³-hybridized carbons (Fsp3) is 0.286. The van der Waals surface area contributed by atoms with Crippen LogP contribution in [0.3, 0.4) is 0 Å². The summed E-state index contributed by atoms with van der Waals surface area (Å²) in [6.45, 7) is 6.06. The van der Waals surface area contributed by atoms with E-state index < -0.39 is 0 Å². The van der Waals surface area contributed by atoms with Crippen LogP contribution in [0.15, 0.2) is 30.3 Å². The topological polar surface area (TPSA) is 35.0 Å². The first-order chi connectivity index (χ1) is 8.54. The third kappa shape index (κ3) is 3.20. The van der Waals surface area contributed by atoms with Crippen LogP contribution in [0.1, 0.15) is 31.2 Å². The lowest BCUT2D eigenvalue weighted by atomic mass is 10.2. The molecule has 1 heterocycles. The highest BCUT2D eigenvalue weighted by Crippen LogP contribution is 2.23. The average molecular weight is 263 g/mol. The minimum absolute atomic E-state index is 0.212. The van der Waals surface area contributed by atoms with Crippen LogP contribution in [0, 0.1) is 6.92 Å². The van der Waals surface area contributed by atoms with Gasteiger partial charge in [0.2, 0.25) is 5.88 Å². The summed E-state index contributed by atoms with van der Waals surface area (Å²) in [4.78, 5) is 8.50. The smallest absolute Gasteiger partial charge is 0.224 e. The molecule has 0 radical (unpaired) electrons. The average Bonchev–Trinajstić information content (AvgIpc) is 2.31. The molecule has 0 aliphatic heterocycles. The van der Waals surface area contributed by atoms with E-state index in [0.29, 0.717) is 16.9 Å². The third-order valence-electron chi connectivity index (χ3n) is 2.45.